The van der Waals surface area contributed by atoms with Gasteiger partial charge in [0.1, 0.15) is 0 Å². The predicted molar refractivity (Wildman–Crippen MR) is 23.6 cm³/mol. The van der Waals surface area contributed by atoms with Crippen molar-refractivity contribution in [1.82, 2.24) is 0 Å². The Morgan fingerprint density at radius 2 is 1.86 bits per heavy atom. The normalized spacial score (nSPS) is 6.43. The topological polar surface area (TPSA) is 37.3 Å². The number of rotatable bonds is 1. The van der Waals surface area contributed by atoms with Gasteiger partial charge in [0.05, 0.1) is 0 Å². The van der Waals surface area contributed by atoms with Gasteiger partial charge in [0, 0.05) is 27.3 Å². The van der Waals surface area contributed by atoms with E-state index in [1.165, 1.54) is 0 Å². The molecule has 1 radical (unpaired) electrons. The summed E-state index contributed by atoms with van der Waals surface area (Å²) in [4.78, 5) is 9.22. The zero-order valence-corrected chi connectivity index (χ0v) is 8.01. The molecule has 0 rings (SSSR count). The van der Waals surface area contributed by atoms with Crippen LogP contribution in [0.4, 0.5) is 4.39 Å². The van der Waals surface area contributed by atoms with Crippen molar-refractivity contribution < 1.29 is 14.3 Å². The maximum atomic E-state index is 11.0. The van der Waals surface area contributed by atoms with Crippen LogP contribution >= 0.6 is 0 Å². The molecule has 0 aromatic heterocycles. The molecule has 0 amide bonds. The molecule has 0 aliphatic heterocycles. The van der Waals surface area contributed by atoms with Gasteiger partial charge in [-0.1, -0.05) is 6.58 Å². The van der Waals surface area contributed by atoms with Crippen molar-refractivity contribution in [3.63, 3.8) is 0 Å². The first kappa shape index (κ1) is 10.1. The van der Waals surface area contributed by atoms with Crippen molar-refractivity contribution in [2.75, 3.05) is 0 Å². The van der Waals surface area contributed by atoms with Crippen LogP contribution in [0.5, 0.6) is 0 Å². The minimum atomic E-state index is -1.60. The number of carboxylic acid groups (broad SMARTS) is 1. The predicted octanol–water partition coefficient (Wildman–Crippen LogP) is 0.173. The zero-order chi connectivity index (χ0) is 5.15. The van der Waals surface area contributed by atoms with Gasteiger partial charge in [-0.15, -0.1) is 0 Å². The molecule has 0 bridgehead atoms. The van der Waals surface area contributed by atoms with Crippen molar-refractivity contribution in [2.45, 2.75) is 0 Å². The van der Waals surface area contributed by atoms with Crippen LogP contribution in [0.25, 0.3) is 0 Å². The summed E-state index contributed by atoms with van der Waals surface area (Å²) in [5.74, 6) is -2.93. The summed E-state index contributed by atoms with van der Waals surface area (Å²) in [5, 5.41) is 7.52. The molecular weight excluding hydrogens is 291 g/mol. The third-order valence-corrected chi connectivity index (χ3v) is 0.232. The summed E-state index contributed by atoms with van der Waals surface area (Å²) in [5.41, 5.74) is 0. The first-order valence-electron chi connectivity index (χ1n) is 1.22. The van der Waals surface area contributed by atoms with Crippen LogP contribution in [0, 0.1) is 0 Å². The minimum absolute atomic E-state index is 0. The summed E-state index contributed by atoms with van der Waals surface area (Å²) in [6, 6.07) is 0. The summed E-state index contributed by atoms with van der Waals surface area (Å²) in [6.07, 6.45) is 0. The molecule has 4 heteroatoms. The average Bonchev–Trinajstić information content (AvgIpc) is 1.36. The van der Waals surface area contributed by atoms with Gasteiger partial charge in [-0.3, -0.25) is 0 Å². The van der Waals surface area contributed by atoms with E-state index in [4.69, 9.17) is 5.11 Å². The smallest absolute Gasteiger partial charge is 0.364 e. The van der Waals surface area contributed by atoms with Crippen LogP contribution in [0.1, 0.15) is 0 Å². The third-order valence-electron chi connectivity index (χ3n) is 0.232. The van der Waals surface area contributed by atoms with Gasteiger partial charge in [-0.2, -0.15) is 4.39 Å². The SMILES string of the molecule is C=C(F)C(=O)O.[Tl]. The Labute approximate surface area is 60.2 Å². The number of halogens is 1. The first-order valence-corrected chi connectivity index (χ1v) is 1.22. The van der Waals surface area contributed by atoms with E-state index in [-0.39, 0.29) is 27.3 Å². The van der Waals surface area contributed by atoms with Gasteiger partial charge < -0.3 is 5.11 Å². The van der Waals surface area contributed by atoms with Crippen molar-refractivity contribution in [3.8, 4) is 0 Å². The second-order valence-electron chi connectivity index (χ2n) is 0.710. The summed E-state index contributed by atoms with van der Waals surface area (Å²) in [7, 11) is 0. The van der Waals surface area contributed by atoms with E-state index in [0.717, 1.165) is 0 Å². The second kappa shape index (κ2) is 4.23. The van der Waals surface area contributed by atoms with E-state index in [9.17, 15) is 9.18 Å². The Bertz CT molecular complexity index is 78.9. The molecule has 0 aromatic carbocycles. The van der Waals surface area contributed by atoms with Gasteiger partial charge in [-0.25, -0.2) is 4.79 Å². The van der Waals surface area contributed by atoms with E-state index < -0.39 is 11.8 Å². The van der Waals surface area contributed by atoms with Crippen LogP contribution in [0.3, 0.4) is 0 Å². The van der Waals surface area contributed by atoms with Gasteiger partial charge in [-0.05, 0) is 0 Å². The van der Waals surface area contributed by atoms with Gasteiger partial charge in [0.25, 0.3) is 0 Å². The molecule has 0 fully saturated rings. The number of aliphatic carboxylic acids is 1. The number of hydrogen-bond donors (Lipinski definition) is 1. The summed E-state index contributed by atoms with van der Waals surface area (Å²) in [6.45, 7) is 2.49. The zero-order valence-electron chi connectivity index (χ0n) is 3.52. The van der Waals surface area contributed by atoms with Gasteiger partial charge in [0.15, 0.2) is 0 Å². The Morgan fingerprint density at radius 1 is 1.71 bits per heavy atom. The average molecular weight is 294 g/mol. The summed E-state index contributed by atoms with van der Waals surface area (Å²) < 4.78 is 11.0. The van der Waals surface area contributed by atoms with E-state index in [0.29, 0.717) is 0 Å². The molecule has 0 unspecified atom stereocenters. The van der Waals surface area contributed by atoms with Crippen LogP contribution in [0.2, 0.25) is 0 Å². The summed E-state index contributed by atoms with van der Waals surface area (Å²) >= 11 is 0. The maximum Gasteiger partial charge on any atom is 0.364 e. The Kier molecular flexibility index (Phi) is 6.12. The molecule has 0 atom stereocenters. The molecule has 7 heavy (non-hydrogen) atoms. The van der Waals surface area contributed by atoms with E-state index in [1.807, 2.05) is 0 Å². The fraction of sp³-hybridized carbons (Fsp3) is 0. The minimum Gasteiger partial charge on any atom is -0.476 e. The van der Waals surface area contributed by atoms with E-state index >= 15 is 0 Å². The number of hydrogen-bond acceptors (Lipinski definition) is 1. The second-order valence-corrected chi connectivity index (χ2v) is 0.710. The van der Waals surface area contributed by atoms with E-state index in [2.05, 4.69) is 6.58 Å². The molecule has 0 aliphatic rings. The maximum absolute atomic E-state index is 11.0. The van der Waals surface area contributed by atoms with Crippen molar-refractivity contribution in [2.24, 2.45) is 0 Å². The van der Waals surface area contributed by atoms with E-state index in [1.54, 1.807) is 0 Å². The molecule has 1 N–H and O–H groups in total. The Morgan fingerprint density at radius 3 is 1.86 bits per heavy atom. The Hall–Kier alpha value is 0.0621. The van der Waals surface area contributed by atoms with Crippen molar-refractivity contribution >= 4 is 33.3 Å². The van der Waals surface area contributed by atoms with Crippen LogP contribution in [-0.4, -0.2) is 38.4 Å². The molecule has 2 nitrogen and oxygen atoms in total. The first-order chi connectivity index (χ1) is 2.64. The molecule has 0 aromatic rings. The molecule has 0 heterocycles. The van der Waals surface area contributed by atoms with Crippen molar-refractivity contribution in [1.29, 1.82) is 0 Å². The standard InChI is InChI=1S/C3H3FO2.Tl/c1-2(4)3(5)6;/h1H2,(H,5,6);. The fourth-order valence-corrected chi connectivity index (χ4v) is 0. The fourth-order valence-electron chi connectivity index (χ4n) is 0. The molecule has 0 aliphatic carbocycles. The molecule has 0 saturated heterocycles. The van der Waals surface area contributed by atoms with Gasteiger partial charge >= 0.3 is 5.97 Å². The molecule has 0 spiro atoms. The molecule has 0 saturated carbocycles. The quantitative estimate of drug-likeness (QED) is 0.553. The van der Waals surface area contributed by atoms with Crippen LogP contribution < -0.4 is 0 Å². The third kappa shape index (κ3) is 6.06. The monoisotopic (exact) mass is 295 g/mol. The van der Waals surface area contributed by atoms with Crippen LogP contribution in [-0.2, 0) is 4.79 Å². The van der Waals surface area contributed by atoms with Crippen LogP contribution in [0.15, 0.2) is 12.4 Å². The number of carboxylic acids is 1. The number of carbonyl (C=O) groups is 1. The van der Waals surface area contributed by atoms with Gasteiger partial charge in [0.2, 0.25) is 5.83 Å². The Balaban J connectivity index is 0. The molecular formula is C3H3FO2Tl. The largest absolute Gasteiger partial charge is 0.476 e. The molecule has 37 valence electrons. The van der Waals surface area contributed by atoms with Crippen molar-refractivity contribution in [3.05, 3.63) is 12.4 Å².